The number of piperidine rings is 1. The van der Waals surface area contributed by atoms with Crippen molar-refractivity contribution in [2.45, 2.75) is 71.7 Å². The first kappa shape index (κ1) is 17.2. The van der Waals surface area contributed by atoms with E-state index in [2.05, 4.69) is 22.6 Å². The van der Waals surface area contributed by atoms with Crippen LogP contribution in [0.5, 0.6) is 0 Å². The Labute approximate surface area is 137 Å². The fraction of sp³-hybridized carbons (Fsp3) is 0.750. The van der Waals surface area contributed by atoms with Gasteiger partial charge in [-0.25, -0.2) is 9.78 Å². The van der Waals surface area contributed by atoms with Gasteiger partial charge in [-0.2, -0.15) is 0 Å². The molecule has 2 atom stereocenters. The molecule has 124 valence electrons. The third kappa shape index (κ3) is 4.68. The summed E-state index contributed by atoms with van der Waals surface area (Å²) in [4.78, 5) is 18.6. The summed E-state index contributed by atoms with van der Waals surface area (Å²) in [6.07, 6.45) is 1.86. The van der Waals surface area contributed by atoms with E-state index >= 15 is 0 Å². The average Bonchev–Trinajstić information content (AvgIpc) is 2.81. The molecule has 5 nitrogen and oxygen atoms in total. The number of nitrogens with zero attached hydrogens (tertiary/aromatic N) is 2. The van der Waals surface area contributed by atoms with Crippen LogP contribution in [0, 0.1) is 6.92 Å². The van der Waals surface area contributed by atoms with Gasteiger partial charge in [0.05, 0.1) is 10.7 Å². The molecule has 1 saturated heterocycles. The van der Waals surface area contributed by atoms with E-state index in [0.717, 1.165) is 36.6 Å². The number of carbonyl (C=O) groups is 1. The fourth-order valence-electron chi connectivity index (χ4n) is 2.72. The van der Waals surface area contributed by atoms with Crippen LogP contribution in [0.3, 0.4) is 0 Å². The van der Waals surface area contributed by atoms with E-state index in [1.54, 1.807) is 11.3 Å². The summed E-state index contributed by atoms with van der Waals surface area (Å²) < 4.78 is 5.51. The van der Waals surface area contributed by atoms with Gasteiger partial charge >= 0.3 is 6.09 Å². The Balaban J connectivity index is 1.91. The van der Waals surface area contributed by atoms with Crippen LogP contribution in [-0.4, -0.2) is 40.2 Å². The van der Waals surface area contributed by atoms with Crippen molar-refractivity contribution in [3.63, 3.8) is 0 Å². The van der Waals surface area contributed by atoms with Gasteiger partial charge in [-0.3, -0.25) is 0 Å². The van der Waals surface area contributed by atoms with E-state index in [9.17, 15) is 4.79 Å². The van der Waals surface area contributed by atoms with E-state index in [1.807, 2.05) is 32.6 Å². The Morgan fingerprint density at radius 2 is 2.27 bits per heavy atom. The molecule has 1 fully saturated rings. The lowest BCUT2D eigenvalue weighted by Crippen LogP contribution is -2.55. The summed E-state index contributed by atoms with van der Waals surface area (Å²) in [5, 5.41) is 6.72. The van der Waals surface area contributed by atoms with Crippen LogP contribution in [0.4, 0.5) is 4.79 Å². The van der Waals surface area contributed by atoms with Crippen molar-refractivity contribution >= 4 is 17.4 Å². The lowest BCUT2D eigenvalue weighted by Gasteiger charge is -2.40. The zero-order valence-corrected chi connectivity index (χ0v) is 15.0. The van der Waals surface area contributed by atoms with Crippen molar-refractivity contribution in [2.75, 3.05) is 6.54 Å². The topological polar surface area (TPSA) is 54.5 Å². The number of carbonyl (C=O) groups excluding carboxylic acids is 1. The smallest absolute Gasteiger partial charge is 0.410 e. The molecular weight excluding hydrogens is 298 g/mol. The van der Waals surface area contributed by atoms with Gasteiger partial charge in [0, 0.05) is 30.6 Å². The summed E-state index contributed by atoms with van der Waals surface area (Å²) in [6.45, 7) is 11.3. The molecule has 0 aliphatic carbocycles. The molecule has 1 amide bonds. The number of thiazole rings is 1. The van der Waals surface area contributed by atoms with Crippen LogP contribution in [0.1, 0.15) is 51.2 Å². The van der Waals surface area contributed by atoms with E-state index in [4.69, 9.17) is 4.74 Å². The molecule has 22 heavy (non-hydrogen) atoms. The Hall–Kier alpha value is -1.14. The predicted molar refractivity (Wildman–Crippen MR) is 89.1 cm³/mol. The van der Waals surface area contributed by atoms with Gasteiger partial charge in [0.2, 0.25) is 0 Å². The van der Waals surface area contributed by atoms with Crippen molar-refractivity contribution < 1.29 is 9.53 Å². The van der Waals surface area contributed by atoms with Crippen molar-refractivity contribution in [1.29, 1.82) is 0 Å². The zero-order valence-electron chi connectivity index (χ0n) is 14.2. The number of aromatic nitrogens is 1. The number of ether oxygens (including phenoxy) is 1. The Morgan fingerprint density at radius 3 is 2.86 bits per heavy atom. The highest BCUT2D eigenvalue weighted by Gasteiger charge is 2.33. The van der Waals surface area contributed by atoms with Crippen molar-refractivity contribution in [3.8, 4) is 0 Å². The molecule has 1 aliphatic heterocycles. The van der Waals surface area contributed by atoms with Crippen LogP contribution in [0.2, 0.25) is 0 Å². The molecule has 6 heteroatoms. The van der Waals surface area contributed by atoms with Gasteiger partial charge in [-0.15, -0.1) is 11.3 Å². The average molecular weight is 325 g/mol. The Kier molecular flexibility index (Phi) is 5.45. The van der Waals surface area contributed by atoms with E-state index in [-0.39, 0.29) is 18.2 Å². The standard InChI is InChI=1S/C16H27N3O2S/c1-11-14(17-9-13-10-22-12(2)18-13)7-6-8-19(11)15(20)21-16(3,4)5/h10-11,14,17H,6-9H2,1-5H3. The van der Waals surface area contributed by atoms with Crippen molar-refractivity contribution in [3.05, 3.63) is 16.1 Å². The highest BCUT2D eigenvalue weighted by Crippen LogP contribution is 2.21. The molecule has 2 unspecified atom stereocenters. The van der Waals surface area contributed by atoms with Crippen LogP contribution >= 0.6 is 11.3 Å². The lowest BCUT2D eigenvalue weighted by atomic mass is 9.98. The summed E-state index contributed by atoms with van der Waals surface area (Å²) in [6, 6.07) is 0.409. The van der Waals surface area contributed by atoms with Gasteiger partial charge in [0.1, 0.15) is 5.60 Å². The number of rotatable bonds is 3. The second kappa shape index (κ2) is 6.96. The number of hydrogen-bond donors (Lipinski definition) is 1. The third-order valence-corrected chi connectivity index (χ3v) is 4.65. The Bertz CT molecular complexity index is 510. The van der Waals surface area contributed by atoms with Crippen LogP contribution < -0.4 is 5.32 Å². The molecule has 0 aromatic carbocycles. The van der Waals surface area contributed by atoms with E-state index in [1.165, 1.54) is 0 Å². The minimum absolute atomic E-state index is 0.128. The number of amides is 1. The normalized spacial score (nSPS) is 22.7. The first-order valence-corrected chi connectivity index (χ1v) is 8.78. The first-order valence-electron chi connectivity index (χ1n) is 7.90. The van der Waals surface area contributed by atoms with Crippen molar-refractivity contribution in [2.24, 2.45) is 0 Å². The minimum Gasteiger partial charge on any atom is -0.444 e. The molecular formula is C16H27N3O2S. The van der Waals surface area contributed by atoms with Crippen molar-refractivity contribution in [1.82, 2.24) is 15.2 Å². The zero-order chi connectivity index (χ0) is 16.3. The number of hydrogen-bond acceptors (Lipinski definition) is 5. The lowest BCUT2D eigenvalue weighted by molar-refractivity contribution is 0.00697. The number of likely N-dealkylation sites (tertiary alicyclic amines) is 1. The first-order chi connectivity index (χ1) is 10.3. The molecule has 2 rings (SSSR count). The molecule has 0 radical (unpaired) electrons. The van der Waals surface area contributed by atoms with E-state index in [0.29, 0.717) is 0 Å². The number of nitrogens with one attached hydrogen (secondary N) is 1. The molecule has 1 N–H and O–H groups in total. The summed E-state index contributed by atoms with van der Waals surface area (Å²) in [5.74, 6) is 0. The number of aryl methyl sites for hydroxylation is 1. The van der Waals surface area contributed by atoms with Gasteiger partial charge in [0.15, 0.2) is 0 Å². The van der Waals surface area contributed by atoms with Crippen LogP contribution in [0.25, 0.3) is 0 Å². The SMILES string of the molecule is Cc1nc(CNC2CCCN(C(=O)OC(C)(C)C)C2C)cs1. The maximum Gasteiger partial charge on any atom is 0.410 e. The maximum atomic E-state index is 12.3. The van der Waals surface area contributed by atoms with Gasteiger partial charge < -0.3 is 15.0 Å². The van der Waals surface area contributed by atoms with Crippen LogP contribution in [-0.2, 0) is 11.3 Å². The largest absolute Gasteiger partial charge is 0.444 e. The maximum absolute atomic E-state index is 12.3. The highest BCUT2D eigenvalue weighted by atomic mass is 32.1. The fourth-order valence-corrected chi connectivity index (χ4v) is 3.33. The monoisotopic (exact) mass is 325 g/mol. The quantitative estimate of drug-likeness (QED) is 0.926. The van der Waals surface area contributed by atoms with Gasteiger partial charge in [-0.1, -0.05) is 0 Å². The molecule has 0 saturated carbocycles. The second-order valence-corrected chi connectivity index (χ2v) is 7.96. The third-order valence-electron chi connectivity index (χ3n) is 3.83. The molecule has 1 aliphatic rings. The van der Waals surface area contributed by atoms with Gasteiger partial charge in [-0.05, 0) is 47.5 Å². The van der Waals surface area contributed by atoms with Crippen LogP contribution in [0.15, 0.2) is 5.38 Å². The molecule has 1 aromatic heterocycles. The van der Waals surface area contributed by atoms with E-state index < -0.39 is 5.60 Å². The summed E-state index contributed by atoms with van der Waals surface area (Å²) in [5.41, 5.74) is 0.624. The summed E-state index contributed by atoms with van der Waals surface area (Å²) in [7, 11) is 0. The molecule has 0 spiro atoms. The summed E-state index contributed by atoms with van der Waals surface area (Å²) >= 11 is 1.67. The molecule has 2 heterocycles. The predicted octanol–water partition coefficient (Wildman–Crippen LogP) is 3.33. The minimum atomic E-state index is -0.449. The Morgan fingerprint density at radius 1 is 1.55 bits per heavy atom. The van der Waals surface area contributed by atoms with Gasteiger partial charge in [0.25, 0.3) is 0 Å². The second-order valence-electron chi connectivity index (χ2n) is 6.90. The molecule has 0 bridgehead atoms. The molecule has 1 aromatic rings. The highest BCUT2D eigenvalue weighted by molar-refractivity contribution is 7.09.